The van der Waals surface area contributed by atoms with Gasteiger partial charge in [0.2, 0.25) is 0 Å². The number of carbonyl (C=O) groups excluding carboxylic acids is 1. The molecule has 150 valence electrons. The second-order valence-electron chi connectivity index (χ2n) is 7.68. The number of aromatic nitrogens is 3. The summed E-state index contributed by atoms with van der Waals surface area (Å²) in [7, 11) is 0. The fraction of sp³-hybridized carbons (Fsp3) is 0.571. The van der Waals surface area contributed by atoms with Crippen LogP contribution in [0.25, 0.3) is 0 Å². The summed E-state index contributed by atoms with van der Waals surface area (Å²) in [6.07, 6.45) is 4.52. The topological polar surface area (TPSA) is 72.3 Å². The van der Waals surface area contributed by atoms with Crippen molar-refractivity contribution < 1.29 is 9.53 Å². The van der Waals surface area contributed by atoms with E-state index in [1.807, 2.05) is 19.1 Å². The number of fused-ring (bicyclic) bond motifs is 1. The Kier molecular flexibility index (Phi) is 5.73. The average Bonchev–Trinajstić information content (AvgIpc) is 3.07. The fourth-order valence-corrected chi connectivity index (χ4v) is 4.19. The van der Waals surface area contributed by atoms with Crippen molar-refractivity contribution in [3.63, 3.8) is 0 Å². The van der Waals surface area contributed by atoms with Gasteiger partial charge in [0.1, 0.15) is 5.69 Å². The maximum absolute atomic E-state index is 12.5. The van der Waals surface area contributed by atoms with Crippen LogP contribution in [0.4, 0.5) is 0 Å². The number of amides is 1. The Morgan fingerprint density at radius 1 is 1.36 bits per heavy atom. The van der Waals surface area contributed by atoms with Crippen LogP contribution in [0.5, 0.6) is 0 Å². The van der Waals surface area contributed by atoms with Crippen LogP contribution in [0.15, 0.2) is 18.3 Å². The Morgan fingerprint density at radius 3 is 2.93 bits per heavy atom. The molecule has 1 fully saturated rings. The number of rotatable bonds is 5. The predicted octanol–water partition coefficient (Wildman–Crippen LogP) is 2.07. The van der Waals surface area contributed by atoms with Crippen molar-refractivity contribution in [3.8, 4) is 0 Å². The van der Waals surface area contributed by atoms with E-state index >= 15 is 0 Å². The Labute approximate surface area is 166 Å². The van der Waals surface area contributed by atoms with Crippen LogP contribution in [0.1, 0.15) is 52.8 Å². The van der Waals surface area contributed by atoms with E-state index in [2.05, 4.69) is 26.8 Å². The average molecular weight is 383 g/mol. The lowest BCUT2D eigenvalue weighted by molar-refractivity contribution is 0.0900. The number of nitrogens with zero attached hydrogens (tertiary/aromatic N) is 4. The lowest BCUT2D eigenvalue weighted by Crippen LogP contribution is -2.44. The van der Waals surface area contributed by atoms with Gasteiger partial charge in [-0.3, -0.25) is 19.4 Å². The molecule has 0 aromatic carbocycles. The van der Waals surface area contributed by atoms with Crippen molar-refractivity contribution in [2.24, 2.45) is 0 Å². The van der Waals surface area contributed by atoms with E-state index in [0.29, 0.717) is 12.3 Å². The van der Waals surface area contributed by atoms with Gasteiger partial charge in [0.15, 0.2) is 0 Å². The smallest absolute Gasteiger partial charge is 0.270 e. The third-order valence-electron chi connectivity index (χ3n) is 5.80. The van der Waals surface area contributed by atoms with Crippen molar-refractivity contribution >= 4 is 5.91 Å². The Morgan fingerprint density at radius 2 is 2.18 bits per heavy atom. The summed E-state index contributed by atoms with van der Waals surface area (Å²) in [5, 5.41) is 7.99. The van der Waals surface area contributed by atoms with E-state index in [4.69, 9.17) is 9.84 Å². The van der Waals surface area contributed by atoms with E-state index in [1.54, 1.807) is 6.20 Å². The molecule has 7 nitrogen and oxygen atoms in total. The number of nitrogens with one attached hydrogen (secondary N) is 1. The van der Waals surface area contributed by atoms with Gasteiger partial charge in [-0.1, -0.05) is 6.07 Å². The first-order valence-corrected chi connectivity index (χ1v) is 10.3. The number of hydrogen-bond donors (Lipinski definition) is 1. The summed E-state index contributed by atoms with van der Waals surface area (Å²) < 4.78 is 7.81. The maximum atomic E-state index is 12.5. The van der Waals surface area contributed by atoms with Crippen LogP contribution in [0.2, 0.25) is 0 Å². The first kappa shape index (κ1) is 19.1. The largest absolute Gasteiger partial charge is 0.376 e. The standard InChI is InChI=1S/C21H29N5O2/c1-3-26-19-8-12-28-14-17(19)18(24-26)13-25-10-6-16(7-11-25)23-21(27)20-15(2)5-4-9-22-20/h4-5,9,16H,3,6-8,10-14H2,1-2H3,(H,23,27). The van der Waals surface area contributed by atoms with Crippen molar-refractivity contribution in [1.29, 1.82) is 0 Å². The Balaban J connectivity index is 1.33. The zero-order chi connectivity index (χ0) is 19.5. The minimum Gasteiger partial charge on any atom is -0.376 e. The van der Waals surface area contributed by atoms with E-state index < -0.39 is 0 Å². The number of piperidine rings is 1. The zero-order valence-corrected chi connectivity index (χ0v) is 16.8. The Bertz CT molecular complexity index is 839. The second-order valence-corrected chi connectivity index (χ2v) is 7.68. The van der Waals surface area contributed by atoms with E-state index in [-0.39, 0.29) is 11.9 Å². The van der Waals surface area contributed by atoms with Gasteiger partial charge in [0.05, 0.1) is 18.9 Å². The molecular formula is C21H29N5O2. The first-order chi connectivity index (χ1) is 13.7. The van der Waals surface area contributed by atoms with Crippen molar-refractivity contribution in [3.05, 3.63) is 46.5 Å². The highest BCUT2D eigenvalue weighted by molar-refractivity contribution is 5.93. The molecule has 0 radical (unpaired) electrons. The van der Waals surface area contributed by atoms with Gasteiger partial charge in [0.25, 0.3) is 5.91 Å². The zero-order valence-electron chi connectivity index (χ0n) is 16.8. The van der Waals surface area contributed by atoms with Gasteiger partial charge in [0, 0.05) is 56.1 Å². The van der Waals surface area contributed by atoms with Crippen molar-refractivity contribution in [1.82, 2.24) is 25.0 Å². The first-order valence-electron chi connectivity index (χ1n) is 10.3. The van der Waals surface area contributed by atoms with Gasteiger partial charge in [-0.15, -0.1) is 0 Å². The van der Waals surface area contributed by atoms with Crippen LogP contribution >= 0.6 is 0 Å². The second kappa shape index (κ2) is 8.41. The molecule has 2 aliphatic heterocycles. The molecule has 2 aromatic rings. The molecule has 0 spiro atoms. The molecule has 7 heteroatoms. The molecule has 4 heterocycles. The third-order valence-corrected chi connectivity index (χ3v) is 5.80. The number of ether oxygens (including phenoxy) is 1. The summed E-state index contributed by atoms with van der Waals surface area (Å²) in [5.74, 6) is -0.0653. The molecule has 0 bridgehead atoms. The van der Waals surface area contributed by atoms with Crippen LogP contribution in [-0.2, 0) is 30.9 Å². The van der Waals surface area contributed by atoms with Crippen LogP contribution in [0.3, 0.4) is 0 Å². The van der Waals surface area contributed by atoms with Crippen LogP contribution < -0.4 is 5.32 Å². The van der Waals surface area contributed by atoms with Crippen molar-refractivity contribution in [2.75, 3.05) is 19.7 Å². The van der Waals surface area contributed by atoms with Gasteiger partial charge in [-0.25, -0.2) is 0 Å². The van der Waals surface area contributed by atoms with Crippen LogP contribution in [0, 0.1) is 6.92 Å². The highest BCUT2D eigenvalue weighted by Crippen LogP contribution is 2.23. The summed E-state index contributed by atoms with van der Waals surface area (Å²) in [5.41, 5.74) is 5.23. The number of pyridine rings is 1. The van der Waals surface area contributed by atoms with Crippen molar-refractivity contribution in [2.45, 2.75) is 58.8 Å². The third kappa shape index (κ3) is 3.95. The molecule has 0 unspecified atom stereocenters. The lowest BCUT2D eigenvalue weighted by atomic mass is 10.0. The molecule has 0 saturated carbocycles. The Hall–Kier alpha value is -2.25. The molecule has 1 N–H and O–H groups in total. The molecule has 2 aromatic heterocycles. The molecular weight excluding hydrogens is 354 g/mol. The highest BCUT2D eigenvalue weighted by atomic mass is 16.5. The molecule has 1 saturated heterocycles. The van der Waals surface area contributed by atoms with E-state index in [9.17, 15) is 4.79 Å². The number of likely N-dealkylation sites (tertiary alicyclic amines) is 1. The molecule has 4 rings (SSSR count). The molecule has 0 atom stereocenters. The summed E-state index contributed by atoms with van der Waals surface area (Å²) in [6.45, 7) is 9.22. The van der Waals surface area contributed by atoms with Gasteiger partial charge in [-0.05, 0) is 38.3 Å². The normalized spacial score (nSPS) is 18.1. The molecule has 0 aliphatic carbocycles. The molecule has 2 aliphatic rings. The number of hydrogen-bond acceptors (Lipinski definition) is 5. The van der Waals surface area contributed by atoms with Gasteiger partial charge < -0.3 is 10.1 Å². The predicted molar refractivity (Wildman–Crippen MR) is 106 cm³/mol. The van der Waals surface area contributed by atoms with E-state index in [1.165, 1.54) is 11.3 Å². The quantitative estimate of drug-likeness (QED) is 0.856. The summed E-state index contributed by atoms with van der Waals surface area (Å²) in [6, 6.07) is 3.98. The van der Waals surface area contributed by atoms with Gasteiger partial charge in [-0.2, -0.15) is 5.10 Å². The monoisotopic (exact) mass is 383 g/mol. The highest BCUT2D eigenvalue weighted by Gasteiger charge is 2.26. The fourth-order valence-electron chi connectivity index (χ4n) is 4.19. The summed E-state index contributed by atoms with van der Waals surface area (Å²) >= 11 is 0. The van der Waals surface area contributed by atoms with Gasteiger partial charge >= 0.3 is 0 Å². The lowest BCUT2D eigenvalue weighted by Gasteiger charge is -2.32. The molecule has 28 heavy (non-hydrogen) atoms. The minimum atomic E-state index is -0.0653. The summed E-state index contributed by atoms with van der Waals surface area (Å²) in [4.78, 5) is 19.1. The van der Waals surface area contributed by atoms with Crippen LogP contribution in [-0.4, -0.2) is 51.3 Å². The number of carbonyl (C=O) groups is 1. The SMILES string of the molecule is CCn1nc(CN2CCC(NC(=O)c3ncccc3C)CC2)c2c1CCOC2. The minimum absolute atomic E-state index is 0.0653. The van der Waals surface area contributed by atoms with E-state index in [0.717, 1.165) is 63.3 Å². The molecule has 1 amide bonds. The number of aryl methyl sites for hydroxylation is 2. The maximum Gasteiger partial charge on any atom is 0.270 e.